The molecule has 34 heavy (non-hydrogen) atoms. The Kier molecular flexibility index (Phi) is 12.1. The average Bonchev–Trinajstić information content (AvgIpc) is 2.54. The van der Waals surface area contributed by atoms with Gasteiger partial charge in [-0.3, -0.25) is 0 Å². The number of rotatable bonds is 14. The molecule has 3 unspecified atom stereocenters. The standard InChI is InChI=1S/C20H45NO9Si4/c1-14(2)18(24)27-17(15(23)13-22)21(19(25)26)16(28-32(3,4)5)12-20(31,29-33(6,7)8)30-34(9,10)11/h15-17,22-23H,1,12-13H2,2-11,31H3,(H,25,26). The third-order valence-corrected chi connectivity index (χ3v) is 8.68. The van der Waals surface area contributed by atoms with Gasteiger partial charge < -0.3 is 33.3 Å². The van der Waals surface area contributed by atoms with Crippen molar-refractivity contribution in [3.8, 4) is 0 Å². The Morgan fingerprint density at radius 1 is 1.00 bits per heavy atom. The first kappa shape index (κ1) is 33.1. The lowest BCUT2D eigenvalue weighted by molar-refractivity contribution is -0.188. The van der Waals surface area contributed by atoms with Gasteiger partial charge in [0.25, 0.3) is 0 Å². The van der Waals surface area contributed by atoms with Crippen LogP contribution in [0.1, 0.15) is 13.3 Å². The summed E-state index contributed by atoms with van der Waals surface area (Å²) < 4.78 is 24.5. The van der Waals surface area contributed by atoms with Gasteiger partial charge in [-0.15, -0.1) is 0 Å². The lowest BCUT2D eigenvalue weighted by Crippen LogP contribution is -2.61. The zero-order valence-corrected chi connectivity index (χ0v) is 27.6. The highest BCUT2D eigenvalue weighted by Crippen LogP contribution is 2.31. The van der Waals surface area contributed by atoms with Crippen molar-refractivity contribution in [1.29, 1.82) is 0 Å². The number of amides is 1. The number of esters is 1. The summed E-state index contributed by atoms with van der Waals surface area (Å²) in [7, 11) is -6.26. The SMILES string of the molecule is C=C(C)C(=O)OC(C(O)CO)N(C(=O)O)C(CC([SiH3])(O[Si](C)(C)C)O[Si](C)(C)C)O[Si](C)(C)C. The molecule has 0 aliphatic rings. The lowest BCUT2D eigenvalue weighted by atomic mass is 10.2. The van der Waals surface area contributed by atoms with Gasteiger partial charge in [-0.05, 0) is 65.8 Å². The maximum atomic E-state index is 12.5. The molecule has 0 aliphatic heterocycles. The van der Waals surface area contributed by atoms with E-state index in [1.54, 1.807) is 0 Å². The molecule has 3 N–H and O–H groups in total. The first-order valence-corrected chi connectivity index (χ1v) is 22.5. The summed E-state index contributed by atoms with van der Waals surface area (Å²) in [6.07, 6.45) is -6.06. The maximum absolute atomic E-state index is 12.5. The first-order valence-electron chi connectivity index (χ1n) is 11.2. The van der Waals surface area contributed by atoms with E-state index in [1.807, 2.05) is 58.9 Å². The molecule has 0 rings (SSSR count). The molecule has 0 saturated carbocycles. The van der Waals surface area contributed by atoms with Crippen LogP contribution in [0, 0.1) is 0 Å². The Bertz CT molecular complexity index is 700. The van der Waals surface area contributed by atoms with Crippen LogP contribution < -0.4 is 0 Å². The van der Waals surface area contributed by atoms with E-state index in [0.29, 0.717) is 10.2 Å². The van der Waals surface area contributed by atoms with Crippen LogP contribution in [0.4, 0.5) is 4.79 Å². The normalized spacial score (nSPS) is 16.0. The topological polar surface area (TPSA) is 135 Å². The van der Waals surface area contributed by atoms with Crippen molar-refractivity contribution in [2.45, 2.75) is 96.2 Å². The van der Waals surface area contributed by atoms with Crippen LogP contribution >= 0.6 is 0 Å². The molecular formula is C20H45NO9Si4. The van der Waals surface area contributed by atoms with Crippen LogP contribution in [0.2, 0.25) is 58.9 Å². The van der Waals surface area contributed by atoms with E-state index in [9.17, 15) is 24.9 Å². The third kappa shape index (κ3) is 12.7. The third-order valence-electron chi connectivity index (χ3n) is 3.98. The van der Waals surface area contributed by atoms with Crippen molar-refractivity contribution in [3.63, 3.8) is 0 Å². The number of hydrogen-bond acceptors (Lipinski definition) is 8. The van der Waals surface area contributed by atoms with Crippen molar-refractivity contribution in [2.75, 3.05) is 6.61 Å². The molecule has 14 heteroatoms. The largest absolute Gasteiger partial charge is 0.465 e. The van der Waals surface area contributed by atoms with E-state index in [1.165, 1.54) is 6.92 Å². The molecule has 1 amide bonds. The summed E-state index contributed by atoms with van der Waals surface area (Å²) in [6, 6.07) is 0. The fraction of sp³-hybridized carbons (Fsp3) is 0.800. The minimum absolute atomic E-state index is 0.0175. The predicted octanol–water partition coefficient (Wildman–Crippen LogP) is 2.05. The Hall–Kier alpha value is -0.852. The number of carboxylic acid groups (broad SMARTS) is 1. The van der Waals surface area contributed by atoms with Gasteiger partial charge in [-0.2, -0.15) is 0 Å². The van der Waals surface area contributed by atoms with Gasteiger partial charge in [0, 0.05) is 12.0 Å². The minimum atomic E-state index is -2.38. The van der Waals surface area contributed by atoms with E-state index >= 15 is 0 Å². The highest BCUT2D eigenvalue weighted by atomic mass is 28.4. The summed E-state index contributed by atoms with van der Waals surface area (Å²) in [6.45, 7) is 21.9. The number of carbonyl (C=O) groups excluding carboxylic acids is 1. The van der Waals surface area contributed by atoms with E-state index in [0.717, 1.165) is 4.90 Å². The van der Waals surface area contributed by atoms with Crippen molar-refractivity contribution in [3.05, 3.63) is 12.2 Å². The van der Waals surface area contributed by atoms with E-state index in [-0.39, 0.29) is 12.0 Å². The van der Waals surface area contributed by atoms with Crippen LogP contribution in [0.25, 0.3) is 0 Å². The van der Waals surface area contributed by atoms with E-state index < -0.39 is 67.6 Å². The number of nitrogens with zero attached hydrogens (tertiary/aromatic N) is 1. The van der Waals surface area contributed by atoms with Gasteiger partial charge in [0.2, 0.25) is 6.23 Å². The maximum Gasteiger partial charge on any atom is 0.412 e. The van der Waals surface area contributed by atoms with Gasteiger partial charge in [0.05, 0.1) is 16.8 Å². The van der Waals surface area contributed by atoms with Crippen molar-refractivity contribution >= 4 is 47.3 Å². The summed E-state index contributed by atoms with van der Waals surface area (Å²) in [5.41, 5.74) is -1.05. The van der Waals surface area contributed by atoms with Gasteiger partial charge >= 0.3 is 12.1 Å². The van der Waals surface area contributed by atoms with Gasteiger partial charge in [0.1, 0.15) is 17.7 Å². The fourth-order valence-electron chi connectivity index (χ4n) is 3.34. The molecule has 3 atom stereocenters. The second kappa shape index (κ2) is 12.4. The van der Waals surface area contributed by atoms with Crippen LogP contribution in [0.5, 0.6) is 0 Å². The highest BCUT2D eigenvalue weighted by Gasteiger charge is 2.46. The van der Waals surface area contributed by atoms with Gasteiger partial charge in [-0.1, -0.05) is 6.58 Å². The first-order chi connectivity index (χ1) is 15.0. The Morgan fingerprint density at radius 3 is 1.74 bits per heavy atom. The molecule has 0 aliphatic carbocycles. The summed E-state index contributed by atoms with van der Waals surface area (Å²) in [5, 5.41) is 30.2. The summed E-state index contributed by atoms with van der Waals surface area (Å²) in [5.74, 6) is -0.899. The van der Waals surface area contributed by atoms with Crippen LogP contribution in [-0.4, -0.2) is 98.1 Å². The number of aliphatic hydroxyl groups is 2. The quantitative estimate of drug-likeness (QED) is 0.127. The average molecular weight is 556 g/mol. The van der Waals surface area contributed by atoms with Crippen molar-refractivity contribution in [2.24, 2.45) is 0 Å². The number of aliphatic hydroxyl groups excluding tert-OH is 2. The smallest absolute Gasteiger partial charge is 0.412 e. The molecule has 200 valence electrons. The monoisotopic (exact) mass is 555 g/mol. The zero-order valence-electron chi connectivity index (χ0n) is 22.6. The van der Waals surface area contributed by atoms with Crippen LogP contribution in [0.15, 0.2) is 12.2 Å². The predicted molar refractivity (Wildman–Crippen MR) is 142 cm³/mol. The number of carbonyl (C=O) groups is 2. The second-order valence-electron chi connectivity index (χ2n) is 11.5. The molecule has 0 bridgehead atoms. The van der Waals surface area contributed by atoms with E-state index in [2.05, 4.69) is 6.58 Å². The molecule has 0 aromatic carbocycles. The second-order valence-corrected chi connectivity index (χ2v) is 26.3. The molecule has 0 aromatic rings. The molecular weight excluding hydrogens is 511 g/mol. The Morgan fingerprint density at radius 2 is 1.44 bits per heavy atom. The number of ether oxygens (including phenoxy) is 1. The molecule has 0 aromatic heterocycles. The molecule has 0 heterocycles. The highest BCUT2D eigenvalue weighted by molar-refractivity contribution is 6.71. The molecule has 0 radical (unpaired) electrons. The Balaban J connectivity index is 6.65. The van der Waals surface area contributed by atoms with Crippen molar-refractivity contribution in [1.82, 2.24) is 4.90 Å². The van der Waals surface area contributed by atoms with Crippen LogP contribution in [0.3, 0.4) is 0 Å². The summed E-state index contributed by atoms with van der Waals surface area (Å²) in [4.78, 5) is 25.5. The molecule has 0 fully saturated rings. The lowest BCUT2D eigenvalue weighted by Gasteiger charge is -2.46. The van der Waals surface area contributed by atoms with Crippen molar-refractivity contribution < 1.29 is 42.9 Å². The number of hydrogen-bond donors (Lipinski definition) is 3. The van der Waals surface area contributed by atoms with Crippen LogP contribution in [-0.2, 0) is 22.8 Å². The molecule has 0 saturated heterocycles. The van der Waals surface area contributed by atoms with Gasteiger partial charge in [-0.25, -0.2) is 14.5 Å². The minimum Gasteiger partial charge on any atom is -0.465 e. The fourth-order valence-corrected chi connectivity index (χ4v) is 11.3. The Labute approximate surface area is 210 Å². The zero-order chi connectivity index (χ0) is 27.3. The van der Waals surface area contributed by atoms with Gasteiger partial charge in [0.15, 0.2) is 25.0 Å². The summed E-state index contributed by atoms with van der Waals surface area (Å²) >= 11 is 0. The molecule has 0 spiro atoms. The molecule has 10 nitrogen and oxygen atoms in total. The van der Waals surface area contributed by atoms with E-state index in [4.69, 9.17) is 18.0 Å².